The second kappa shape index (κ2) is 6.83. The third-order valence-electron chi connectivity index (χ3n) is 2.89. The number of carboxylic acid groups (broad SMARTS) is 1. The predicted octanol–water partition coefficient (Wildman–Crippen LogP) is 0.700. The van der Waals surface area contributed by atoms with Crippen molar-refractivity contribution in [2.24, 2.45) is 0 Å². The summed E-state index contributed by atoms with van der Waals surface area (Å²) in [6.45, 7) is 0. The van der Waals surface area contributed by atoms with Crippen molar-refractivity contribution in [3.63, 3.8) is 0 Å². The van der Waals surface area contributed by atoms with E-state index in [0.717, 1.165) is 0 Å². The highest BCUT2D eigenvalue weighted by atomic mass is 16.6. The number of aliphatic hydroxyl groups excluding tert-OH is 1. The quantitative estimate of drug-likeness (QED) is 0.497. The number of rotatable bonds is 7. The highest BCUT2D eigenvalue weighted by Gasteiger charge is 2.25. The van der Waals surface area contributed by atoms with Gasteiger partial charge in [0.05, 0.1) is 24.6 Å². The van der Waals surface area contributed by atoms with Gasteiger partial charge in [0.1, 0.15) is 0 Å². The molecule has 1 aromatic rings. The average molecular weight is 284 g/mol. The lowest BCUT2D eigenvalue weighted by Gasteiger charge is -2.21. The number of methoxy groups -OCH3 is 1. The van der Waals surface area contributed by atoms with Crippen LogP contribution in [0.4, 0.5) is 5.69 Å². The van der Waals surface area contributed by atoms with Crippen LogP contribution in [0.15, 0.2) is 18.2 Å². The minimum absolute atomic E-state index is 0.0743. The number of nitro groups is 1. The van der Waals surface area contributed by atoms with E-state index in [4.69, 9.17) is 9.84 Å². The first-order valence-corrected chi connectivity index (χ1v) is 5.80. The second-order valence-electron chi connectivity index (χ2n) is 4.13. The highest BCUT2D eigenvalue weighted by molar-refractivity contribution is 5.67. The van der Waals surface area contributed by atoms with Gasteiger partial charge in [-0.2, -0.15) is 0 Å². The van der Waals surface area contributed by atoms with Crippen LogP contribution in [-0.4, -0.2) is 41.3 Å². The number of benzene rings is 1. The zero-order valence-electron chi connectivity index (χ0n) is 11.1. The molecule has 20 heavy (non-hydrogen) atoms. The molecule has 0 aromatic heterocycles. The zero-order valence-corrected chi connectivity index (χ0v) is 11.1. The zero-order chi connectivity index (χ0) is 15.3. The van der Waals surface area contributed by atoms with Crippen molar-refractivity contribution in [3.8, 4) is 5.75 Å². The maximum absolute atomic E-state index is 10.9. The molecule has 8 heteroatoms. The summed E-state index contributed by atoms with van der Waals surface area (Å²) in [6, 6.07) is 3.25. The Morgan fingerprint density at radius 2 is 2.20 bits per heavy atom. The Balaban J connectivity index is 3.09. The van der Waals surface area contributed by atoms with Gasteiger partial charge in [0, 0.05) is 12.1 Å². The van der Waals surface area contributed by atoms with Gasteiger partial charge < -0.3 is 20.3 Å². The van der Waals surface area contributed by atoms with Crippen LogP contribution in [0.1, 0.15) is 18.1 Å². The molecule has 0 heterocycles. The van der Waals surface area contributed by atoms with Gasteiger partial charge in [-0.3, -0.25) is 14.9 Å². The lowest BCUT2D eigenvalue weighted by Crippen LogP contribution is -2.34. The number of likely N-dealkylation sites (N-methyl/N-ethyl adjacent to an activating group) is 1. The molecule has 0 amide bonds. The van der Waals surface area contributed by atoms with Gasteiger partial charge in [0.25, 0.3) is 0 Å². The topological polar surface area (TPSA) is 122 Å². The third-order valence-corrected chi connectivity index (χ3v) is 2.89. The molecule has 1 aromatic carbocycles. The SMILES string of the molecule is CNC(CC(=O)O)C(O)c1ccc(OC)c([N+](=O)[O-])c1. The van der Waals surface area contributed by atoms with Crippen LogP contribution < -0.4 is 10.1 Å². The van der Waals surface area contributed by atoms with E-state index in [1.165, 1.54) is 32.4 Å². The number of carbonyl (C=O) groups is 1. The normalized spacial score (nSPS) is 13.6. The molecular formula is C12H16N2O6. The largest absolute Gasteiger partial charge is 0.490 e. The number of nitrogens with zero attached hydrogens (tertiary/aromatic N) is 1. The Morgan fingerprint density at radius 3 is 2.65 bits per heavy atom. The first-order valence-electron chi connectivity index (χ1n) is 5.80. The number of carboxylic acids is 1. The number of aliphatic hydroxyl groups is 1. The summed E-state index contributed by atoms with van der Waals surface area (Å²) in [5.74, 6) is -1.00. The number of nitrogens with one attached hydrogen (secondary N) is 1. The van der Waals surface area contributed by atoms with Gasteiger partial charge in [-0.1, -0.05) is 6.07 Å². The number of hydrogen-bond donors (Lipinski definition) is 3. The molecule has 1 rings (SSSR count). The van der Waals surface area contributed by atoms with Crippen LogP contribution in [-0.2, 0) is 4.79 Å². The van der Waals surface area contributed by atoms with Crippen molar-refractivity contribution in [2.75, 3.05) is 14.2 Å². The van der Waals surface area contributed by atoms with Crippen molar-refractivity contribution < 1.29 is 24.7 Å². The van der Waals surface area contributed by atoms with E-state index in [9.17, 15) is 20.0 Å². The minimum atomic E-state index is -1.18. The molecule has 110 valence electrons. The number of aliphatic carboxylic acids is 1. The summed E-state index contributed by atoms with van der Waals surface area (Å²) in [5.41, 5.74) is -0.0349. The number of ether oxygens (including phenoxy) is 1. The van der Waals surface area contributed by atoms with Crippen LogP contribution in [0.5, 0.6) is 5.75 Å². The van der Waals surface area contributed by atoms with E-state index in [-0.39, 0.29) is 23.4 Å². The Kier molecular flexibility index (Phi) is 5.42. The molecule has 0 aliphatic heterocycles. The van der Waals surface area contributed by atoms with Gasteiger partial charge in [-0.05, 0) is 18.7 Å². The van der Waals surface area contributed by atoms with E-state index < -0.39 is 23.0 Å². The summed E-state index contributed by atoms with van der Waals surface area (Å²) < 4.78 is 4.86. The fourth-order valence-corrected chi connectivity index (χ4v) is 1.83. The molecule has 3 N–H and O–H groups in total. The van der Waals surface area contributed by atoms with Gasteiger partial charge in [-0.25, -0.2) is 0 Å². The molecule has 0 bridgehead atoms. The van der Waals surface area contributed by atoms with Crippen LogP contribution in [0.2, 0.25) is 0 Å². The van der Waals surface area contributed by atoms with Crippen molar-refractivity contribution >= 4 is 11.7 Å². The lowest BCUT2D eigenvalue weighted by atomic mass is 9.99. The summed E-state index contributed by atoms with van der Waals surface area (Å²) in [7, 11) is 2.81. The summed E-state index contributed by atoms with van der Waals surface area (Å²) in [5, 5.41) is 32.5. The minimum Gasteiger partial charge on any atom is -0.490 e. The lowest BCUT2D eigenvalue weighted by molar-refractivity contribution is -0.385. The Bertz CT molecular complexity index is 505. The van der Waals surface area contributed by atoms with Crippen LogP contribution in [0.25, 0.3) is 0 Å². The summed E-state index contributed by atoms with van der Waals surface area (Å²) in [6.07, 6.45) is -1.49. The smallest absolute Gasteiger partial charge is 0.311 e. The van der Waals surface area contributed by atoms with Crippen molar-refractivity contribution in [3.05, 3.63) is 33.9 Å². The van der Waals surface area contributed by atoms with Crippen LogP contribution in [0.3, 0.4) is 0 Å². The average Bonchev–Trinajstić information content (AvgIpc) is 2.42. The molecule has 0 saturated heterocycles. The Labute approximate surface area is 115 Å². The molecule has 0 aliphatic carbocycles. The molecule has 2 unspecified atom stereocenters. The summed E-state index contributed by atoms with van der Waals surface area (Å²) >= 11 is 0. The third kappa shape index (κ3) is 3.65. The Morgan fingerprint density at radius 1 is 1.55 bits per heavy atom. The first-order chi connectivity index (χ1) is 9.40. The maximum Gasteiger partial charge on any atom is 0.311 e. The molecule has 8 nitrogen and oxygen atoms in total. The second-order valence-corrected chi connectivity index (χ2v) is 4.13. The monoisotopic (exact) mass is 284 g/mol. The molecule has 0 radical (unpaired) electrons. The number of hydrogen-bond acceptors (Lipinski definition) is 6. The van der Waals surface area contributed by atoms with E-state index in [2.05, 4.69) is 5.32 Å². The molecule has 0 saturated carbocycles. The van der Waals surface area contributed by atoms with Gasteiger partial charge in [0.15, 0.2) is 5.75 Å². The molecule has 2 atom stereocenters. The standard InChI is InChI=1S/C12H16N2O6/c1-13-8(6-11(15)16)12(17)7-3-4-10(20-2)9(5-7)14(18)19/h3-5,8,12-13,17H,6H2,1-2H3,(H,15,16). The van der Waals surface area contributed by atoms with E-state index >= 15 is 0 Å². The van der Waals surface area contributed by atoms with E-state index in [1.807, 2.05) is 0 Å². The maximum atomic E-state index is 10.9. The van der Waals surface area contributed by atoms with Crippen LogP contribution in [0, 0.1) is 10.1 Å². The van der Waals surface area contributed by atoms with Crippen molar-refractivity contribution in [1.82, 2.24) is 5.32 Å². The molecule has 0 aliphatic rings. The van der Waals surface area contributed by atoms with Gasteiger partial charge in [0.2, 0.25) is 0 Å². The predicted molar refractivity (Wildman–Crippen MR) is 69.7 cm³/mol. The van der Waals surface area contributed by atoms with Crippen LogP contribution >= 0.6 is 0 Å². The van der Waals surface area contributed by atoms with Gasteiger partial charge >= 0.3 is 11.7 Å². The molecule has 0 fully saturated rings. The highest BCUT2D eigenvalue weighted by Crippen LogP contribution is 2.31. The van der Waals surface area contributed by atoms with Gasteiger partial charge in [-0.15, -0.1) is 0 Å². The molecular weight excluding hydrogens is 268 g/mol. The molecule has 0 spiro atoms. The van der Waals surface area contributed by atoms with Crippen molar-refractivity contribution in [1.29, 1.82) is 0 Å². The number of nitro benzene ring substituents is 1. The summed E-state index contributed by atoms with van der Waals surface area (Å²) in [4.78, 5) is 21.0. The van der Waals surface area contributed by atoms with E-state index in [1.54, 1.807) is 0 Å². The first kappa shape index (κ1) is 15.9. The fourth-order valence-electron chi connectivity index (χ4n) is 1.83. The Hall–Kier alpha value is -2.19. The fraction of sp³-hybridized carbons (Fsp3) is 0.417. The van der Waals surface area contributed by atoms with E-state index in [0.29, 0.717) is 0 Å². The van der Waals surface area contributed by atoms with Crippen molar-refractivity contribution in [2.45, 2.75) is 18.6 Å².